The lowest BCUT2D eigenvalue weighted by molar-refractivity contribution is 0.558. The number of rotatable bonds is 17. The maximum absolute atomic E-state index is 9.98. The number of hydrogen-bond acceptors (Lipinski definition) is 1. The summed E-state index contributed by atoms with van der Waals surface area (Å²) in [4.78, 5) is 9.98. The van der Waals surface area contributed by atoms with E-state index in [4.69, 9.17) is 0 Å². The van der Waals surface area contributed by atoms with Gasteiger partial charge in [-0.3, -0.25) is 4.79 Å². The van der Waals surface area contributed by atoms with Crippen molar-refractivity contribution in [2.75, 3.05) is 0 Å². The summed E-state index contributed by atoms with van der Waals surface area (Å²) in [6, 6.07) is 0. The smallest absolute Gasteiger partial charge is 0.225 e. The van der Waals surface area contributed by atoms with Gasteiger partial charge in [-0.05, 0) is 43.6 Å². The monoisotopic (exact) mass is 355 g/mol. The van der Waals surface area contributed by atoms with Crippen molar-refractivity contribution in [2.24, 2.45) is 0 Å². The summed E-state index contributed by atoms with van der Waals surface area (Å²) in [5.41, 5.74) is 0. The van der Waals surface area contributed by atoms with E-state index >= 15 is 0 Å². The molecule has 0 rings (SSSR count). The van der Waals surface area contributed by atoms with Gasteiger partial charge in [0.05, 0.1) is 0 Å². The Morgan fingerprint density at radius 3 is 1.58 bits per heavy atom. The lowest BCUT2D eigenvalue weighted by atomic mass is 10.1. The number of allylic oxidation sites excluding steroid dienone is 2. The van der Waals surface area contributed by atoms with Crippen molar-refractivity contribution in [2.45, 2.75) is 116 Å². The van der Waals surface area contributed by atoms with Crippen molar-refractivity contribution in [3.05, 3.63) is 12.2 Å². The Bertz CT molecular complexity index is 438. The maximum Gasteiger partial charge on any atom is 0.225 e. The van der Waals surface area contributed by atoms with E-state index in [-0.39, 0.29) is 0 Å². The second-order valence-corrected chi connectivity index (χ2v) is 7.01. The van der Waals surface area contributed by atoms with Crippen LogP contribution in [0, 0.1) is 23.7 Å². The molecule has 0 aromatic rings. The standard InChI is InChI=1S/C25H39O/c1-2-3-4-5-6-7-8-9-10-11-12-13-14-15-16-17-18-19-20-21-22-23-24-25-26/h23-24H,2-12,17-22H2,1H3. The van der Waals surface area contributed by atoms with E-state index in [2.05, 4.69) is 30.6 Å². The molecule has 1 radical (unpaired) electrons. The highest BCUT2D eigenvalue weighted by molar-refractivity contribution is 5.65. The topological polar surface area (TPSA) is 17.1 Å². The van der Waals surface area contributed by atoms with Crippen LogP contribution in [0.2, 0.25) is 0 Å². The van der Waals surface area contributed by atoms with Gasteiger partial charge >= 0.3 is 0 Å². The Labute approximate surface area is 163 Å². The van der Waals surface area contributed by atoms with Gasteiger partial charge in [0.15, 0.2) is 0 Å². The van der Waals surface area contributed by atoms with Crippen LogP contribution >= 0.6 is 0 Å². The molecule has 0 aliphatic rings. The van der Waals surface area contributed by atoms with Crippen LogP contribution in [-0.2, 0) is 4.79 Å². The highest BCUT2D eigenvalue weighted by Crippen LogP contribution is 2.11. The van der Waals surface area contributed by atoms with E-state index < -0.39 is 0 Å². The quantitative estimate of drug-likeness (QED) is 0.152. The Hall–Kier alpha value is -1.47. The Balaban J connectivity index is 3.26. The van der Waals surface area contributed by atoms with Gasteiger partial charge in [-0.1, -0.05) is 95.5 Å². The normalized spacial score (nSPS) is 10.2. The molecular formula is C25H39O. The third-order valence-electron chi connectivity index (χ3n) is 4.50. The first kappa shape index (κ1) is 24.5. The second kappa shape index (κ2) is 23.5. The first-order valence-electron chi connectivity index (χ1n) is 10.9. The highest BCUT2D eigenvalue weighted by atomic mass is 16.1. The van der Waals surface area contributed by atoms with Crippen LogP contribution in [0.15, 0.2) is 12.2 Å². The molecule has 1 nitrogen and oxygen atoms in total. The zero-order valence-corrected chi connectivity index (χ0v) is 17.1. The molecule has 0 saturated carbocycles. The maximum atomic E-state index is 9.98. The molecule has 0 bridgehead atoms. The molecule has 0 N–H and O–H groups in total. The van der Waals surface area contributed by atoms with E-state index in [1.807, 2.05) is 6.08 Å². The largest absolute Gasteiger partial charge is 0.286 e. The molecule has 26 heavy (non-hydrogen) atoms. The van der Waals surface area contributed by atoms with E-state index in [0.717, 1.165) is 32.1 Å². The zero-order valence-electron chi connectivity index (χ0n) is 17.1. The van der Waals surface area contributed by atoms with Gasteiger partial charge in [-0.25, -0.2) is 0 Å². The minimum absolute atomic E-state index is 0.949. The minimum Gasteiger partial charge on any atom is -0.286 e. The Morgan fingerprint density at radius 1 is 0.615 bits per heavy atom. The van der Waals surface area contributed by atoms with Crippen LogP contribution in [0.25, 0.3) is 0 Å². The lowest BCUT2D eigenvalue weighted by Crippen LogP contribution is -1.81. The van der Waals surface area contributed by atoms with Gasteiger partial charge in [-0.15, -0.1) is 0 Å². The van der Waals surface area contributed by atoms with Crippen LogP contribution in [0.3, 0.4) is 0 Å². The van der Waals surface area contributed by atoms with Crippen molar-refractivity contribution in [3.8, 4) is 23.7 Å². The molecule has 1 heteroatoms. The zero-order chi connectivity index (χ0) is 19.0. The van der Waals surface area contributed by atoms with E-state index in [0.29, 0.717) is 0 Å². The Kier molecular flexibility index (Phi) is 22.2. The minimum atomic E-state index is 0.949. The van der Waals surface area contributed by atoms with Gasteiger partial charge in [0.2, 0.25) is 6.29 Å². The van der Waals surface area contributed by atoms with Crippen LogP contribution in [-0.4, -0.2) is 6.29 Å². The van der Waals surface area contributed by atoms with E-state index in [1.54, 1.807) is 6.29 Å². The average Bonchev–Trinajstić information content (AvgIpc) is 2.66. The van der Waals surface area contributed by atoms with Crippen LogP contribution < -0.4 is 0 Å². The summed E-state index contributed by atoms with van der Waals surface area (Å²) in [5, 5.41) is 0. The molecule has 0 aliphatic heterocycles. The SMILES string of the molecule is CCCCCCCCCCCCC#CC#CCCCCCCC=C[C]=O. The van der Waals surface area contributed by atoms with Crippen molar-refractivity contribution in [1.29, 1.82) is 0 Å². The van der Waals surface area contributed by atoms with Crippen molar-refractivity contribution >= 4 is 6.29 Å². The molecule has 0 saturated heterocycles. The number of hydrogen-bond donors (Lipinski definition) is 0. The lowest BCUT2D eigenvalue weighted by Gasteiger charge is -2.00. The summed E-state index contributed by atoms with van der Waals surface area (Å²) in [7, 11) is 0. The van der Waals surface area contributed by atoms with E-state index in [1.165, 1.54) is 83.1 Å². The third-order valence-corrected chi connectivity index (χ3v) is 4.50. The molecule has 0 unspecified atom stereocenters. The molecule has 145 valence electrons. The van der Waals surface area contributed by atoms with Crippen LogP contribution in [0.5, 0.6) is 0 Å². The molecule has 0 amide bonds. The molecular weight excluding hydrogens is 316 g/mol. The second-order valence-electron chi connectivity index (χ2n) is 7.01. The molecule has 0 heterocycles. The third kappa shape index (κ3) is 22.5. The fourth-order valence-corrected chi connectivity index (χ4v) is 2.87. The fraction of sp³-hybridized carbons (Fsp3) is 0.720. The highest BCUT2D eigenvalue weighted by Gasteiger charge is 1.91. The summed E-state index contributed by atoms with van der Waals surface area (Å²) < 4.78 is 0. The average molecular weight is 356 g/mol. The van der Waals surface area contributed by atoms with Gasteiger partial charge < -0.3 is 0 Å². The predicted molar refractivity (Wildman–Crippen MR) is 115 cm³/mol. The first-order valence-corrected chi connectivity index (χ1v) is 10.9. The summed E-state index contributed by atoms with van der Waals surface area (Å²) in [6.45, 7) is 2.27. The van der Waals surface area contributed by atoms with Crippen molar-refractivity contribution < 1.29 is 4.79 Å². The predicted octanol–water partition coefficient (Wildman–Crippen LogP) is 7.31. The molecule has 0 spiro atoms. The first-order chi connectivity index (χ1) is 12.9. The van der Waals surface area contributed by atoms with Crippen LogP contribution in [0.4, 0.5) is 0 Å². The van der Waals surface area contributed by atoms with Crippen LogP contribution in [0.1, 0.15) is 116 Å². The number of unbranched alkanes of at least 4 members (excludes halogenated alkanes) is 15. The Morgan fingerprint density at radius 2 is 1.08 bits per heavy atom. The summed E-state index contributed by atoms with van der Waals surface area (Å²) in [5.74, 6) is 12.3. The van der Waals surface area contributed by atoms with Gasteiger partial charge in [-0.2, -0.15) is 0 Å². The molecule has 0 aliphatic carbocycles. The molecule has 0 aromatic heterocycles. The molecule has 0 aromatic carbocycles. The molecule has 0 fully saturated rings. The summed E-state index contributed by atoms with van der Waals surface area (Å²) in [6.07, 6.45) is 26.5. The van der Waals surface area contributed by atoms with E-state index in [9.17, 15) is 4.79 Å². The van der Waals surface area contributed by atoms with Crippen molar-refractivity contribution in [1.82, 2.24) is 0 Å². The fourth-order valence-electron chi connectivity index (χ4n) is 2.87. The number of carbonyl (C=O) groups excluding carboxylic acids is 1. The van der Waals surface area contributed by atoms with Gasteiger partial charge in [0, 0.05) is 12.8 Å². The molecule has 0 atom stereocenters. The summed E-state index contributed by atoms with van der Waals surface area (Å²) >= 11 is 0. The van der Waals surface area contributed by atoms with Crippen molar-refractivity contribution in [3.63, 3.8) is 0 Å². The van der Waals surface area contributed by atoms with Gasteiger partial charge in [0.1, 0.15) is 0 Å². The van der Waals surface area contributed by atoms with Gasteiger partial charge in [0.25, 0.3) is 0 Å².